The standard InChI is InChI=1S/C23H32N6O2/c30-22-10-16-12-28(23(31)8-7-19-17-3-1-2-4-18(17)24-25-19)11-15(16)9-21(22)29-13-20(26-27-29)14-5-6-14/h13-16,21-22,30H,1-12H2,(H,24,25)/t15-,16+,21-,22-/m1/s1. The molecule has 4 aliphatic rings. The molecule has 8 nitrogen and oxygen atoms in total. The maximum Gasteiger partial charge on any atom is 0.222 e. The number of carbonyl (C=O) groups excluding carboxylic acids is 1. The fourth-order valence-corrected chi connectivity index (χ4v) is 6.05. The van der Waals surface area contributed by atoms with Crippen molar-refractivity contribution in [2.75, 3.05) is 13.1 Å². The number of amides is 1. The number of likely N-dealkylation sites (tertiary alicyclic amines) is 1. The number of aliphatic hydroxyl groups excluding tert-OH is 1. The van der Waals surface area contributed by atoms with Crippen LogP contribution in [-0.2, 0) is 24.1 Å². The Morgan fingerprint density at radius 1 is 1.16 bits per heavy atom. The summed E-state index contributed by atoms with van der Waals surface area (Å²) in [6.45, 7) is 1.58. The second kappa shape index (κ2) is 7.73. The van der Waals surface area contributed by atoms with Gasteiger partial charge in [0.1, 0.15) is 0 Å². The minimum Gasteiger partial charge on any atom is -0.391 e. The van der Waals surface area contributed by atoms with Crippen LogP contribution in [0.15, 0.2) is 6.20 Å². The Kier molecular flexibility index (Phi) is 4.85. The highest BCUT2D eigenvalue weighted by Crippen LogP contribution is 2.43. The highest BCUT2D eigenvalue weighted by Gasteiger charge is 2.44. The van der Waals surface area contributed by atoms with E-state index < -0.39 is 6.10 Å². The lowest BCUT2D eigenvalue weighted by Gasteiger charge is -2.34. The van der Waals surface area contributed by atoms with Gasteiger partial charge in [0.2, 0.25) is 5.91 Å². The number of carbonyl (C=O) groups is 1. The SMILES string of the molecule is O=C(CCc1n[nH]c2c1CCCC2)N1C[C@H]2C[C@@H](n3cc(C4CC4)nn3)[C@H](O)C[C@H]2C1. The number of fused-ring (bicyclic) bond motifs is 2. The van der Waals surface area contributed by atoms with Gasteiger partial charge in [-0.2, -0.15) is 5.10 Å². The number of aliphatic hydroxyl groups is 1. The number of rotatable bonds is 5. The van der Waals surface area contributed by atoms with Crippen molar-refractivity contribution in [3.05, 3.63) is 28.8 Å². The third-order valence-corrected chi connectivity index (χ3v) is 8.04. The van der Waals surface area contributed by atoms with Crippen molar-refractivity contribution in [3.8, 4) is 0 Å². The van der Waals surface area contributed by atoms with Gasteiger partial charge in [0, 0.05) is 43.7 Å². The second-order valence-electron chi connectivity index (χ2n) is 10.2. The van der Waals surface area contributed by atoms with Crippen molar-refractivity contribution in [2.24, 2.45) is 11.8 Å². The lowest BCUT2D eigenvalue weighted by atomic mass is 9.77. The molecule has 3 aliphatic carbocycles. The molecule has 3 fully saturated rings. The Morgan fingerprint density at radius 3 is 2.81 bits per heavy atom. The monoisotopic (exact) mass is 424 g/mol. The van der Waals surface area contributed by atoms with E-state index >= 15 is 0 Å². The van der Waals surface area contributed by atoms with E-state index in [1.807, 2.05) is 15.8 Å². The van der Waals surface area contributed by atoms with Crippen molar-refractivity contribution in [1.82, 2.24) is 30.1 Å². The Bertz CT molecular complexity index is 963. The summed E-state index contributed by atoms with van der Waals surface area (Å²) in [5.74, 6) is 1.62. The Morgan fingerprint density at radius 2 is 1.97 bits per heavy atom. The third-order valence-electron chi connectivity index (χ3n) is 8.04. The molecule has 0 unspecified atom stereocenters. The van der Waals surface area contributed by atoms with Crippen molar-refractivity contribution in [3.63, 3.8) is 0 Å². The van der Waals surface area contributed by atoms with E-state index in [1.165, 1.54) is 36.9 Å². The molecule has 2 saturated carbocycles. The average Bonchev–Trinajstić information content (AvgIpc) is 3.19. The number of nitrogens with zero attached hydrogens (tertiary/aromatic N) is 5. The Balaban J connectivity index is 1.07. The van der Waals surface area contributed by atoms with Gasteiger partial charge in [-0.1, -0.05) is 5.21 Å². The van der Waals surface area contributed by atoms with Crippen LogP contribution >= 0.6 is 0 Å². The third kappa shape index (κ3) is 3.69. The zero-order chi connectivity index (χ0) is 20.9. The minimum absolute atomic E-state index is 0.0214. The van der Waals surface area contributed by atoms with Gasteiger partial charge in [0.25, 0.3) is 0 Å². The van der Waals surface area contributed by atoms with E-state index in [1.54, 1.807) is 0 Å². The molecule has 4 atom stereocenters. The fourth-order valence-electron chi connectivity index (χ4n) is 6.05. The molecular weight excluding hydrogens is 392 g/mol. The average molecular weight is 425 g/mol. The van der Waals surface area contributed by atoms with E-state index in [9.17, 15) is 9.90 Å². The van der Waals surface area contributed by atoms with E-state index in [2.05, 4.69) is 20.5 Å². The zero-order valence-corrected chi connectivity index (χ0v) is 18.0. The summed E-state index contributed by atoms with van der Waals surface area (Å²) in [5.41, 5.74) is 4.79. The van der Waals surface area contributed by atoms with Gasteiger partial charge >= 0.3 is 0 Å². The van der Waals surface area contributed by atoms with Crippen LogP contribution in [0.5, 0.6) is 0 Å². The maximum absolute atomic E-state index is 13.0. The van der Waals surface area contributed by atoms with Gasteiger partial charge in [-0.25, -0.2) is 4.68 Å². The van der Waals surface area contributed by atoms with Crippen LogP contribution in [0.1, 0.15) is 79.6 Å². The van der Waals surface area contributed by atoms with Crippen LogP contribution in [-0.4, -0.2) is 60.3 Å². The number of aromatic nitrogens is 5. The molecule has 1 amide bonds. The van der Waals surface area contributed by atoms with Gasteiger partial charge < -0.3 is 10.0 Å². The largest absolute Gasteiger partial charge is 0.391 e. The lowest BCUT2D eigenvalue weighted by Crippen LogP contribution is -2.36. The molecule has 8 heteroatoms. The first-order valence-corrected chi connectivity index (χ1v) is 12.1. The topological polar surface area (TPSA) is 99.9 Å². The molecule has 2 aromatic rings. The molecule has 2 aromatic heterocycles. The van der Waals surface area contributed by atoms with Crippen molar-refractivity contribution >= 4 is 5.91 Å². The lowest BCUT2D eigenvalue weighted by molar-refractivity contribution is -0.130. The maximum atomic E-state index is 13.0. The first kappa shape index (κ1) is 19.5. The van der Waals surface area contributed by atoms with Crippen LogP contribution < -0.4 is 0 Å². The summed E-state index contributed by atoms with van der Waals surface area (Å²) in [6, 6.07) is -0.0214. The molecular formula is C23H32N6O2. The number of H-pyrrole nitrogens is 1. The van der Waals surface area contributed by atoms with E-state index in [0.717, 1.165) is 56.6 Å². The first-order chi connectivity index (χ1) is 15.2. The number of hydrogen-bond donors (Lipinski definition) is 2. The van der Waals surface area contributed by atoms with Crippen molar-refractivity contribution in [2.45, 2.75) is 82.3 Å². The molecule has 2 N–H and O–H groups in total. The molecule has 0 spiro atoms. The minimum atomic E-state index is -0.416. The number of aromatic amines is 1. The summed E-state index contributed by atoms with van der Waals surface area (Å²) in [5, 5.41) is 27.1. The molecule has 0 aromatic carbocycles. The van der Waals surface area contributed by atoms with Crippen LogP contribution in [0, 0.1) is 11.8 Å². The van der Waals surface area contributed by atoms with Gasteiger partial charge in [0.15, 0.2) is 0 Å². The summed E-state index contributed by atoms with van der Waals surface area (Å²) in [6.07, 6.45) is 11.5. The molecule has 166 valence electrons. The summed E-state index contributed by atoms with van der Waals surface area (Å²) in [7, 11) is 0. The van der Waals surface area contributed by atoms with Crippen LogP contribution in [0.4, 0.5) is 0 Å². The highest BCUT2D eigenvalue weighted by molar-refractivity contribution is 5.76. The van der Waals surface area contributed by atoms with Crippen molar-refractivity contribution in [1.29, 1.82) is 0 Å². The number of aryl methyl sites for hydroxylation is 2. The van der Waals surface area contributed by atoms with Crippen LogP contribution in [0.2, 0.25) is 0 Å². The zero-order valence-electron chi connectivity index (χ0n) is 18.0. The van der Waals surface area contributed by atoms with Crippen LogP contribution in [0.25, 0.3) is 0 Å². The fraction of sp³-hybridized carbons (Fsp3) is 0.739. The van der Waals surface area contributed by atoms with E-state index in [-0.39, 0.29) is 11.9 Å². The van der Waals surface area contributed by atoms with E-state index in [4.69, 9.17) is 0 Å². The smallest absolute Gasteiger partial charge is 0.222 e. The van der Waals surface area contributed by atoms with Gasteiger partial charge in [-0.15, -0.1) is 5.10 Å². The van der Waals surface area contributed by atoms with Crippen LogP contribution in [0.3, 0.4) is 0 Å². The second-order valence-corrected chi connectivity index (χ2v) is 10.2. The van der Waals surface area contributed by atoms with Crippen molar-refractivity contribution < 1.29 is 9.90 Å². The first-order valence-electron chi connectivity index (χ1n) is 12.1. The normalized spacial score (nSPS) is 30.3. The molecule has 6 rings (SSSR count). The summed E-state index contributed by atoms with van der Waals surface area (Å²) in [4.78, 5) is 15.0. The van der Waals surface area contributed by atoms with Gasteiger partial charge in [-0.3, -0.25) is 9.89 Å². The molecule has 0 radical (unpaired) electrons. The predicted molar refractivity (Wildman–Crippen MR) is 113 cm³/mol. The Labute approximate surface area is 182 Å². The summed E-state index contributed by atoms with van der Waals surface area (Å²) < 4.78 is 1.89. The molecule has 31 heavy (non-hydrogen) atoms. The van der Waals surface area contributed by atoms with Gasteiger partial charge in [0.05, 0.1) is 23.5 Å². The Hall–Kier alpha value is -2.22. The summed E-state index contributed by atoms with van der Waals surface area (Å²) >= 11 is 0. The predicted octanol–water partition coefficient (Wildman–Crippen LogP) is 2.16. The number of nitrogens with one attached hydrogen (secondary N) is 1. The number of hydrogen-bond acceptors (Lipinski definition) is 5. The highest BCUT2D eigenvalue weighted by atomic mass is 16.3. The molecule has 3 heterocycles. The quantitative estimate of drug-likeness (QED) is 0.766. The molecule has 0 bridgehead atoms. The molecule has 1 aliphatic heterocycles. The van der Waals surface area contributed by atoms with E-state index in [0.29, 0.717) is 24.2 Å². The molecule has 1 saturated heterocycles. The van der Waals surface area contributed by atoms with Gasteiger partial charge in [-0.05, 0) is 68.8 Å².